The van der Waals surface area contributed by atoms with Crippen LogP contribution in [0.3, 0.4) is 0 Å². The van der Waals surface area contributed by atoms with Crippen LogP contribution in [0.1, 0.15) is 53.6 Å². The molecule has 30 heavy (non-hydrogen) atoms. The van der Waals surface area contributed by atoms with Gasteiger partial charge >= 0.3 is 18.5 Å². The number of alkyl halides is 9. The van der Waals surface area contributed by atoms with Crippen molar-refractivity contribution in [1.29, 1.82) is 0 Å². The van der Waals surface area contributed by atoms with Crippen LogP contribution in [0, 0.1) is 0 Å². The lowest BCUT2D eigenvalue weighted by Gasteiger charge is -2.20. The van der Waals surface area contributed by atoms with Gasteiger partial charge in [0.15, 0.2) is 0 Å². The molecule has 0 aliphatic heterocycles. The lowest BCUT2D eigenvalue weighted by atomic mass is 9.94. The van der Waals surface area contributed by atoms with Crippen molar-refractivity contribution in [2.75, 3.05) is 0 Å². The van der Waals surface area contributed by atoms with Crippen molar-refractivity contribution in [3.05, 3.63) is 70.3 Å². The summed E-state index contributed by atoms with van der Waals surface area (Å²) in [6.45, 7) is 1.63. The van der Waals surface area contributed by atoms with Crippen molar-refractivity contribution in [2.24, 2.45) is 4.99 Å². The Morgan fingerprint density at radius 1 is 0.767 bits per heavy atom. The lowest BCUT2D eigenvalue weighted by Crippen LogP contribution is -2.15. The van der Waals surface area contributed by atoms with Crippen molar-refractivity contribution >= 4 is 6.21 Å². The number of benzene rings is 2. The van der Waals surface area contributed by atoms with E-state index in [1.54, 1.807) is 6.92 Å². The van der Waals surface area contributed by atoms with Gasteiger partial charge in [-0.25, -0.2) is 0 Å². The Labute approximate surface area is 166 Å². The van der Waals surface area contributed by atoms with E-state index in [0.717, 1.165) is 30.5 Å². The first-order valence-corrected chi connectivity index (χ1v) is 8.72. The molecule has 0 aliphatic rings. The summed E-state index contributed by atoms with van der Waals surface area (Å²) in [4.78, 5) is 3.97. The molecule has 0 amide bonds. The number of hydrogen-bond acceptors (Lipinski definition) is 1. The number of halogens is 9. The molecule has 0 aromatic heterocycles. The highest BCUT2D eigenvalue weighted by molar-refractivity contribution is 5.79. The van der Waals surface area contributed by atoms with Gasteiger partial charge < -0.3 is 0 Å². The Balaban J connectivity index is 2.47. The summed E-state index contributed by atoms with van der Waals surface area (Å²) >= 11 is 0. The molecule has 164 valence electrons. The molecule has 0 fully saturated rings. The van der Waals surface area contributed by atoms with Gasteiger partial charge in [0.05, 0.1) is 22.7 Å². The predicted molar refractivity (Wildman–Crippen MR) is 93.1 cm³/mol. The summed E-state index contributed by atoms with van der Waals surface area (Å²) in [6.07, 6.45) is -12.9. The normalized spacial score (nSPS) is 14.3. The van der Waals surface area contributed by atoms with Crippen molar-refractivity contribution < 1.29 is 39.5 Å². The third-order valence-corrected chi connectivity index (χ3v) is 4.25. The minimum atomic E-state index is -4.89. The van der Waals surface area contributed by atoms with E-state index in [9.17, 15) is 39.5 Å². The Morgan fingerprint density at radius 2 is 1.30 bits per heavy atom. The molecule has 0 bridgehead atoms. The zero-order valence-electron chi connectivity index (χ0n) is 15.5. The lowest BCUT2D eigenvalue weighted by molar-refractivity contribution is -0.142. The van der Waals surface area contributed by atoms with Crippen LogP contribution in [0.15, 0.2) is 47.5 Å². The fourth-order valence-electron chi connectivity index (χ4n) is 2.79. The Kier molecular flexibility index (Phi) is 6.88. The number of hydrogen-bond donors (Lipinski definition) is 0. The SMILES string of the molecule is CCCC(N=Cc1ccc(C(F)(F)F)cc1)c1cc(C(F)(F)F)ccc1C(F)(F)F. The molecule has 0 N–H and O–H groups in total. The highest BCUT2D eigenvalue weighted by Gasteiger charge is 2.38. The molecule has 0 spiro atoms. The van der Waals surface area contributed by atoms with Gasteiger partial charge in [-0.15, -0.1) is 0 Å². The largest absolute Gasteiger partial charge is 0.416 e. The monoisotopic (exact) mass is 441 g/mol. The molecule has 2 aromatic carbocycles. The van der Waals surface area contributed by atoms with E-state index in [2.05, 4.69) is 4.99 Å². The van der Waals surface area contributed by atoms with Gasteiger partial charge in [-0.05, 0) is 47.9 Å². The van der Waals surface area contributed by atoms with Crippen LogP contribution in [0.25, 0.3) is 0 Å². The van der Waals surface area contributed by atoms with Gasteiger partial charge in [0, 0.05) is 6.21 Å². The van der Waals surface area contributed by atoms with E-state index < -0.39 is 46.8 Å². The van der Waals surface area contributed by atoms with Crippen LogP contribution in [0.5, 0.6) is 0 Å². The van der Waals surface area contributed by atoms with Crippen LogP contribution in [0.4, 0.5) is 39.5 Å². The van der Waals surface area contributed by atoms with Gasteiger partial charge in [-0.1, -0.05) is 25.5 Å². The van der Waals surface area contributed by atoms with E-state index in [0.29, 0.717) is 24.6 Å². The maximum absolute atomic E-state index is 13.4. The Bertz CT molecular complexity index is 875. The second-order valence-corrected chi connectivity index (χ2v) is 6.50. The van der Waals surface area contributed by atoms with E-state index in [4.69, 9.17) is 0 Å². The third-order valence-electron chi connectivity index (χ3n) is 4.25. The minimum Gasteiger partial charge on any atom is -0.284 e. The molecule has 10 heteroatoms. The standard InChI is InChI=1S/C20H16F9N/c1-2-3-17(30-11-12-4-6-13(7-5-12)18(21,22)23)15-10-14(19(24,25)26)8-9-16(15)20(27,28)29/h4-11,17H,2-3H2,1H3. The molecular weight excluding hydrogens is 425 g/mol. The van der Waals surface area contributed by atoms with Crippen LogP contribution in [-0.4, -0.2) is 6.21 Å². The molecule has 0 radical (unpaired) electrons. The molecule has 0 saturated heterocycles. The van der Waals surface area contributed by atoms with Crippen molar-refractivity contribution in [3.63, 3.8) is 0 Å². The summed E-state index contributed by atoms with van der Waals surface area (Å²) < 4.78 is 117. The Morgan fingerprint density at radius 3 is 1.77 bits per heavy atom. The molecule has 2 aromatic rings. The average molecular weight is 441 g/mol. The molecule has 2 rings (SSSR count). The predicted octanol–water partition coefficient (Wildman–Crippen LogP) is 7.70. The van der Waals surface area contributed by atoms with E-state index >= 15 is 0 Å². The summed E-state index contributed by atoms with van der Waals surface area (Å²) in [5.41, 5.74) is -3.86. The smallest absolute Gasteiger partial charge is 0.284 e. The molecule has 1 atom stereocenters. The van der Waals surface area contributed by atoms with E-state index in [-0.39, 0.29) is 12.0 Å². The van der Waals surface area contributed by atoms with Crippen molar-refractivity contribution in [2.45, 2.75) is 44.3 Å². The van der Waals surface area contributed by atoms with E-state index in [1.807, 2.05) is 0 Å². The summed E-state index contributed by atoms with van der Waals surface area (Å²) in [6, 6.07) is 3.61. The molecule has 1 unspecified atom stereocenters. The van der Waals surface area contributed by atoms with Crippen LogP contribution < -0.4 is 0 Å². The van der Waals surface area contributed by atoms with Crippen LogP contribution in [-0.2, 0) is 18.5 Å². The molecule has 0 saturated carbocycles. The maximum Gasteiger partial charge on any atom is 0.416 e. The van der Waals surface area contributed by atoms with Gasteiger partial charge in [-0.3, -0.25) is 4.99 Å². The molecule has 0 aliphatic carbocycles. The minimum absolute atomic E-state index is 0.0154. The first-order valence-electron chi connectivity index (χ1n) is 8.72. The molecular formula is C20H16F9N. The van der Waals surface area contributed by atoms with Gasteiger partial charge in [-0.2, -0.15) is 39.5 Å². The number of rotatable bonds is 5. The third kappa shape index (κ3) is 5.99. The first-order chi connectivity index (χ1) is 13.7. The Hall–Kier alpha value is -2.52. The topological polar surface area (TPSA) is 12.4 Å². The second kappa shape index (κ2) is 8.69. The quantitative estimate of drug-likeness (QED) is 0.333. The van der Waals surface area contributed by atoms with Crippen molar-refractivity contribution in [1.82, 2.24) is 0 Å². The average Bonchev–Trinajstić information content (AvgIpc) is 2.63. The second-order valence-electron chi connectivity index (χ2n) is 6.50. The maximum atomic E-state index is 13.4. The summed E-state index contributed by atoms with van der Waals surface area (Å²) in [5.74, 6) is 0. The fourth-order valence-corrected chi connectivity index (χ4v) is 2.79. The van der Waals surface area contributed by atoms with Gasteiger partial charge in [0.25, 0.3) is 0 Å². The van der Waals surface area contributed by atoms with Gasteiger partial charge in [0.1, 0.15) is 0 Å². The first kappa shape index (κ1) is 23.8. The fraction of sp³-hybridized carbons (Fsp3) is 0.350. The molecule has 0 heterocycles. The summed E-state index contributed by atoms with van der Waals surface area (Å²) in [5, 5.41) is 0. The van der Waals surface area contributed by atoms with Gasteiger partial charge in [0.2, 0.25) is 0 Å². The number of nitrogens with zero attached hydrogens (tertiary/aromatic N) is 1. The van der Waals surface area contributed by atoms with Crippen LogP contribution >= 0.6 is 0 Å². The zero-order chi connectivity index (χ0) is 22.7. The van der Waals surface area contributed by atoms with Crippen LogP contribution in [0.2, 0.25) is 0 Å². The van der Waals surface area contributed by atoms with E-state index in [1.165, 1.54) is 0 Å². The highest BCUT2D eigenvalue weighted by Crippen LogP contribution is 2.40. The summed E-state index contributed by atoms with van der Waals surface area (Å²) in [7, 11) is 0. The zero-order valence-corrected chi connectivity index (χ0v) is 15.5. The number of aliphatic imine (C=N–C) groups is 1. The molecule has 1 nitrogen and oxygen atoms in total. The van der Waals surface area contributed by atoms with Crippen molar-refractivity contribution in [3.8, 4) is 0 Å². The highest BCUT2D eigenvalue weighted by atomic mass is 19.4.